The molecular weight excluding hydrogens is 340 g/mol. The van der Waals surface area contributed by atoms with E-state index in [9.17, 15) is 4.79 Å². The van der Waals surface area contributed by atoms with Gasteiger partial charge in [-0.3, -0.25) is 4.79 Å². The van der Waals surface area contributed by atoms with Gasteiger partial charge in [0, 0.05) is 6.42 Å². The van der Waals surface area contributed by atoms with Crippen molar-refractivity contribution in [1.82, 2.24) is 0 Å². The van der Waals surface area contributed by atoms with Crippen molar-refractivity contribution in [2.75, 3.05) is 13.2 Å². The van der Waals surface area contributed by atoms with Crippen LogP contribution in [0, 0.1) is 0 Å². The predicted molar refractivity (Wildman–Crippen MR) is 113 cm³/mol. The molecule has 2 N–H and O–H groups in total. The number of hydrogen-bond acceptors (Lipinski definition) is 4. The number of allylic oxidation sites excluding steroid dienone is 4. The van der Waals surface area contributed by atoms with E-state index in [4.69, 9.17) is 14.9 Å². The summed E-state index contributed by atoms with van der Waals surface area (Å²) in [6, 6.07) is 0. The van der Waals surface area contributed by atoms with E-state index in [1.165, 1.54) is 57.8 Å². The average Bonchev–Trinajstić information content (AvgIpc) is 2.68. The molecule has 0 spiro atoms. The third-order valence-corrected chi connectivity index (χ3v) is 4.48. The molecule has 0 saturated heterocycles. The molecule has 0 unspecified atom stereocenters. The summed E-state index contributed by atoms with van der Waals surface area (Å²) in [6.07, 6.45) is 24.1. The number of hydrogen-bond donors (Lipinski definition) is 2. The van der Waals surface area contributed by atoms with Gasteiger partial charge in [0.1, 0.15) is 12.7 Å². The highest BCUT2D eigenvalue weighted by atomic mass is 16.5. The maximum absolute atomic E-state index is 11.4. The molecule has 0 saturated carbocycles. The first-order chi connectivity index (χ1) is 13.2. The van der Waals surface area contributed by atoms with Gasteiger partial charge in [-0.25, -0.2) is 0 Å². The van der Waals surface area contributed by atoms with Crippen LogP contribution in [-0.2, 0) is 9.53 Å². The van der Waals surface area contributed by atoms with Gasteiger partial charge in [-0.1, -0.05) is 76.2 Å². The van der Waals surface area contributed by atoms with E-state index in [1.807, 2.05) is 0 Å². The SMILES string of the molecule is CCCCC/C=C\C/C=C\CCCCCCCCCC(=O)OC[C@@H](O)CO. The molecule has 0 aromatic heterocycles. The molecule has 0 amide bonds. The van der Waals surface area contributed by atoms with Crippen molar-refractivity contribution in [3.05, 3.63) is 24.3 Å². The summed E-state index contributed by atoms with van der Waals surface area (Å²) in [5.41, 5.74) is 0. The van der Waals surface area contributed by atoms with E-state index in [0.717, 1.165) is 25.7 Å². The molecule has 0 aromatic rings. The normalized spacial score (nSPS) is 12.9. The number of aliphatic hydroxyl groups excluding tert-OH is 2. The molecule has 1 atom stereocenters. The van der Waals surface area contributed by atoms with Crippen LogP contribution in [0.15, 0.2) is 24.3 Å². The number of carbonyl (C=O) groups excluding carboxylic acids is 1. The molecule has 0 aliphatic carbocycles. The summed E-state index contributed by atoms with van der Waals surface area (Å²) < 4.78 is 4.86. The Balaban J connectivity index is 3.26. The average molecular weight is 383 g/mol. The van der Waals surface area contributed by atoms with Crippen molar-refractivity contribution >= 4 is 5.97 Å². The molecule has 4 nitrogen and oxygen atoms in total. The van der Waals surface area contributed by atoms with Crippen LogP contribution >= 0.6 is 0 Å². The number of aliphatic hydroxyl groups is 2. The van der Waals surface area contributed by atoms with Gasteiger partial charge in [-0.15, -0.1) is 0 Å². The standard InChI is InChI=1S/C23H42O4/c1-2-3-4-5-6-7-8-9-10-11-12-13-14-15-16-17-18-19-23(26)27-21-22(25)20-24/h6-7,9-10,22,24-25H,2-5,8,11-21H2,1H3/b7-6-,10-9-/t22-/m0/s1. The second-order valence-corrected chi connectivity index (χ2v) is 7.21. The minimum Gasteiger partial charge on any atom is -0.463 e. The Kier molecular flexibility index (Phi) is 20.3. The van der Waals surface area contributed by atoms with E-state index >= 15 is 0 Å². The Labute approximate surface area is 166 Å². The van der Waals surface area contributed by atoms with Crippen LogP contribution in [0.25, 0.3) is 0 Å². The molecular formula is C23H42O4. The van der Waals surface area contributed by atoms with E-state index in [0.29, 0.717) is 6.42 Å². The number of unbranched alkanes of at least 4 members (excludes halogenated alkanes) is 10. The first kappa shape index (κ1) is 25.9. The summed E-state index contributed by atoms with van der Waals surface area (Å²) in [5, 5.41) is 17.7. The van der Waals surface area contributed by atoms with Gasteiger partial charge in [0.25, 0.3) is 0 Å². The summed E-state index contributed by atoms with van der Waals surface area (Å²) in [5.74, 6) is -0.287. The minimum atomic E-state index is -0.962. The van der Waals surface area contributed by atoms with E-state index < -0.39 is 6.10 Å². The molecule has 0 heterocycles. The molecule has 0 aliphatic rings. The minimum absolute atomic E-state index is 0.112. The highest BCUT2D eigenvalue weighted by Gasteiger charge is 2.07. The maximum atomic E-state index is 11.4. The van der Waals surface area contributed by atoms with Crippen molar-refractivity contribution in [3.8, 4) is 0 Å². The fraction of sp³-hybridized carbons (Fsp3) is 0.783. The van der Waals surface area contributed by atoms with Gasteiger partial charge < -0.3 is 14.9 Å². The van der Waals surface area contributed by atoms with Crippen molar-refractivity contribution in [2.24, 2.45) is 0 Å². The van der Waals surface area contributed by atoms with Gasteiger partial charge in [0.15, 0.2) is 0 Å². The zero-order chi connectivity index (χ0) is 20.0. The number of carbonyl (C=O) groups is 1. The Morgan fingerprint density at radius 1 is 0.852 bits per heavy atom. The number of esters is 1. The topological polar surface area (TPSA) is 66.8 Å². The van der Waals surface area contributed by atoms with Crippen LogP contribution in [0.3, 0.4) is 0 Å². The zero-order valence-electron chi connectivity index (χ0n) is 17.4. The van der Waals surface area contributed by atoms with Crippen molar-refractivity contribution < 1.29 is 19.7 Å². The predicted octanol–water partition coefficient (Wildman–Crippen LogP) is 5.48. The second-order valence-electron chi connectivity index (χ2n) is 7.21. The molecule has 0 aliphatic heterocycles. The quantitative estimate of drug-likeness (QED) is 0.176. The summed E-state index contributed by atoms with van der Waals surface area (Å²) in [4.78, 5) is 11.4. The third-order valence-electron chi connectivity index (χ3n) is 4.48. The lowest BCUT2D eigenvalue weighted by atomic mass is 10.1. The van der Waals surface area contributed by atoms with E-state index in [-0.39, 0.29) is 19.2 Å². The largest absolute Gasteiger partial charge is 0.463 e. The lowest BCUT2D eigenvalue weighted by Gasteiger charge is -2.08. The highest BCUT2D eigenvalue weighted by Crippen LogP contribution is 2.10. The van der Waals surface area contributed by atoms with Gasteiger partial charge in [-0.2, -0.15) is 0 Å². The molecule has 0 bridgehead atoms. The molecule has 0 radical (unpaired) electrons. The summed E-state index contributed by atoms with van der Waals surface area (Å²) in [7, 11) is 0. The Hall–Kier alpha value is -1.13. The fourth-order valence-electron chi connectivity index (χ4n) is 2.75. The van der Waals surface area contributed by atoms with Crippen molar-refractivity contribution in [3.63, 3.8) is 0 Å². The lowest BCUT2D eigenvalue weighted by Crippen LogP contribution is -2.21. The van der Waals surface area contributed by atoms with Crippen LogP contribution in [0.4, 0.5) is 0 Å². The maximum Gasteiger partial charge on any atom is 0.305 e. The molecule has 4 heteroatoms. The van der Waals surface area contributed by atoms with Crippen LogP contribution in [0.2, 0.25) is 0 Å². The fourth-order valence-corrected chi connectivity index (χ4v) is 2.75. The zero-order valence-corrected chi connectivity index (χ0v) is 17.4. The first-order valence-corrected chi connectivity index (χ1v) is 10.9. The van der Waals surface area contributed by atoms with Crippen molar-refractivity contribution in [2.45, 2.75) is 103 Å². The van der Waals surface area contributed by atoms with Gasteiger partial charge >= 0.3 is 5.97 Å². The highest BCUT2D eigenvalue weighted by molar-refractivity contribution is 5.69. The number of rotatable bonds is 19. The van der Waals surface area contributed by atoms with Crippen LogP contribution in [0.1, 0.15) is 96.8 Å². The molecule has 27 heavy (non-hydrogen) atoms. The van der Waals surface area contributed by atoms with E-state index in [1.54, 1.807) is 0 Å². The summed E-state index contributed by atoms with van der Waals surface area (Å²) in [6.45, 7) is 1.75. The van der Waals surface area contributed by atoms with Gasteiger partial charge in [-0.05, 0) is 38.5 Å². The van der Waals surface area contributed by atoms with Gasteiger partial charge in [0.2, 0.25) is 0 Å². The van der Waals surface area contributed by atoms with Crippen molar-refractivity contribution in [1.29, 1.82) is 0 Å². The lowest BCUT2D eigenvalue weighted by molar-refractivity contribution is -0.147. The van der Waals surface area contributed by atoms with Crippen LogP contribution < -0.4 is 0 Å². The Morgan fingerprint density at radius 3 is 2.00 bits per heavy atom. The third kappa shape index (κ3) is 21.0. The van der Waals surface area contributed by atoms with Crippen LogP contribution in [0.5, 0.6) is 0 Å². The van der Waals surface area contributed by atoms with Gasteiger partial charge in [0.05, 0.1) is 6.61 Å². The summed E-state index contributed by atoms with van der Waals surface area (Å²) >= 11 is 0. The molecule has 0 aromatic carbocycles. The molecule has 0 fully saturated rings. The van der Waals surface area contributed by atoms with Crippen LogP contribution in [-0.4, -0.2) is 35.5 Å². The molecule has 158 valence electrons. The monoisotopic (exact) mass is 382 g/mol. The molecule has 0 rings (SSSR count). The Morgan fingerprint density at radius 2 is 1.41 bits per heavy atom. The first-order valence-electron chi connectivity index (χ1n) is 10.9. The second kappa shape index (κ2) is 21.2. The Bertz CT molecular complexity index is 377. The van der Waals surface area contributed by atoms with E-state index in [2.05, 4.69) is 31.2 Å². The smallest absolute Gasteiger partial charge is 0.305 e. The number of ether oxygens (including phenoxy) is 1.